The second kappa shape index (κ2) is 6.63. The van der Waals surface area contributed by atoms with E-state index in [0.717, 1.165) is 22.3 Å². The maximum absolute atomic E-state index is 12.3. The van der Waals surface area contributed by atoms with Gasteiger partial charge >= 0.3 is 0 Å². The van der Waals surface area contributed by atoms with Crippen LogP contribution in [-0.2, 0) is 12.0 Å². The first-order valence-electron chi connectivity index (χ1n) is 8.41. The summed E-state index contributed by atoms with van der Waals surface area (Å²) in [6.07, 6.45) is 0. The second-order valence-corrected chi connectivity index (χ2v) is 7.26. The lowest BCUT2D eigenvalue weighted by molar-refractivity contribution is 0.415. The van der Waals surface area contributed by atoms with E-state index in [9.17, 15) is 4.79 Å². The minimum Gasteiger partial charge on any atom is -0.497 e. The van der Waals surface area contributed by atoms with Crippen LogP contribution in [0.4, 0.5) is 5.69 Å². The van der Waals surface area contributed by atoms with Gasteiger partial charge in [-0.15, -0.1) is 0 Å². The van der Waals surface area contributed by atoms with E-state index < -0.39 is 0 Å². The molecule has 2 aromatic carbocycles. The highest BCUT2D eigenvalue weighted by Gasteiger charge is 2.12. The molecule has 3 aromatic rings. The number of H-pyrrole nitrogens is 1. The van der Waals surface area contributed by atoms with E-state index in [-0.39, 0.29) is 11.0 Å². The Morgan fingerprint density at radius 1 is 1.04 bits per heavy atom. The van der Waals surface area contributed by atoms with E-state index in [0.29, 0.717) is 12.1 Å². The van der Waals surface area contributed by atoms with Crippen LogP contribution in [-0.4, -0.2) is 12.1 Å². The molecule has 0 bridgehead atoms. The highest BCUT2D eigenvalue weighted by Crippen LogP contribution is 2.24. The van der Waals surface area contributed by atoms with Crippen LogP contribution in [0, 0.1) is 0 Å². The Labute approximate surface area is 147 Å². The molecule has 0 amide bonds. The summed E-state index contributed by atoms with van der Waals surface area (Å²) >= 11 is 0. The summed E-state index contributed by atoms with van der Waals surface area (Å²) in [6.45, 7) is 7.06. The van der Waals surface area contributed by atoms with Crippen molar-refractivity contribution in [2.24, 2.45) is 0 Å². The number of pyridine rings is 1. The van der Waals surface area contributed by atoms with Crippen molar-refractivity contribution in [3.63, 3.8) is 0 Å². The number of anilines is 1. The molecule has 0 aliphatic carbocycles. The number of rotatable bonds is 4. The second-order valence-electron chi connectivity index (χ2n) is 7.26. The third-order valence-corrected chi connectivity index (χ3v) is 4.36. The van der Waals surface area contributed by atoms with Gasteiger partial charge in [0.15, 0.2) is 0 Å². The molecule has 0 aliphatic heterocycles. The first-order valence-corrected chi connectivity index (χ1v) is 8.41. The number of fused-ring (bicyclic) bond motifs is 1. The van der Waals surface area contributed by atoms with Crippen LogP contribution in [0.2, 0.25) is 0 Å². The summed E-state index contributed by atoms with van der Waals surface area (Å²) in [5, 5.41) is 4.31. The smallest absolute Gasteiger partial charge is 0.253 e. The van der Waals surface area contributed by atoms with Crippen LogP contribution in [0.25, 0.3) is 10.9 Å². The van der Waals surface area contributed by atoms with Crippen molar-refractivity contribution in [1.29, 1.82) is 0 Å². The highest BCUT2D eigenvalue weighted by molar-refractivity contribution is 5.80. The van der Waals surface area contributed by atoms with Gasteiger partial charge < -0.3 is 15.0 Å². The van der Waals surface area contributed by atoms with Crippen molar-refractivity contribution in [3.05, 3.63) is 70.0 Å². The van der Waals surface area contributed by atoms with Gasteiger partial charge in [-0.2, -0.15) is 0 Å². The number of aromatic nitrogens is 1. The van der Waals surface area contributed by atoms with Crippen LogP contribution in [0.5, 0.6) is 5.75 Å². The minimum absolute atomic E-state index is 0.0837. The number of methoxy groups -OCH3 is 1. The first-order chi connectivity index (χ1) is 11.9. The zero-order chi connectivity index (χ0) is 18.0. The number of hydrogen-bond acceptors (Lipinski definition) is 3. The molecule has 1 aromatic heterocycles. The average Bonchev–Trinajstić information content (AvgIpc) is 2.59. The van der Waals surface area contributed by atoms with Crippen molar-refractivity contribution in [2.75, 3.05) is 12.4 Å². The Balaban J connectivity index is 1.79. The van der Waals surface area contributed by atoms with Gasteiger partial charge in [-0.25, -0.2) is 0 Å². The maximum Gasteiger partial charge on any atom is 0.253 e. The lowest BCUT2D eigenvalue weighted by atomic mass is 9.87. The van der Waals surface area contributed by atoms with E-state index in [1.54, 1.807) is 7.11 Å². The Morgan fingerprint density at radius 2 is 1.76 bits per heavy atom. The Bertz CT molecular complexity index is 935. The van der Waals surface area contributed by atoms with Crippen LogP contribution in [0.15, 0.2) is 53.3 Å². The van der Waals surface area contributed by atoms with Crippen molar-refractivity contribution in [3.8, 4) is 5.75 Å². The molecule has 0 fully saturated rings. The van der Waals surface area contributed by atoms with Crippen LogP contribution >= 0.6 is 0 Å². The summed E-state index contributed by atoms with van der Waals surface area (Å²) < 4.78 is 5.20. The van der Waals surface area contributed by atoms with Gasteiger partial charge in [-0.1, -0.05) is 32.9 Å². The van der Waals surface area contributed by atoms with Crippen molar-refractivity contribution in [2.45, 2.75) is 32.7 Å². The molecule has 0 aliphatic rings. The summed E-state index contributed by atoms with van der Waals surface area (Å²) in [6, 6.07) is 16.0. The fourth-order valence-electron chi connectivity index (χ4n) is 2.77. The van der Waals surface area contributed by atoms with E-state index >= 15 is 0 Å². The topological polar surface area (TPSA) is 54.1 Å². The predicted octanol–water partition coefficient (Wildman–Crippen LogP) is 4.45. The van der Waals surface area contributed by atoms with E-state index in [4.69, 9.17) is 4.74 Å². The number of ether oxygens (including phenoxy) is 1. The molecule has 0 saturated heterocycles. The molecule has 4 nitrogen and oxygen atoms in total. The first kappa shape index (κ1) is 17.1. The van der Waals surface area contributed by atoms with Crippen LogP contribution in [0.3, 0.4) is 0 Å². The van der Waals surface area contributed by atoms with Crippen molar-refractivity contribution >= 4 is 16.6 Å². The predicted molar refractivity (Wildman–Crippen MR) is 104 cm³/mol. The molecule has 0 spiro atoms. The number of benzene rings is 2. The zero-order valence-corrected chi connectivity index (χ0v) is 15.1. The van der Waals surface area contributed by atoms with Gasteiger partial charge in [0.2, 0.25) is 0 Å². The van der Waals surface area contributed by atoms with Crippen LogP contribution < -0.4 is 15.6 Å². The largest absolute Gasteiger partial charge is 0.497 e. The molecule has 130 valence electrons. The molecule has 4 heteroatoms. The highest BCUT2D eigenvalue weighted by atomic mass is 16.5. The molecule has 2 N–H and O–H groups in total. The van der Waals surface area contributed by atoms with Gasteiger partial charge in [0, 0.05) is 23.9 Å². The van der Waals surface area contributed by atoms with Gasteiger partial charge in [-0.05, 0) is 46.7 Å². The number of nitrogens with one attached hydrogen (secondary N) is 2. The Morgan fingerprint density at radius 3 is 2.40 bits per heavy atom. The third-order valence-electron chi connectivity index (χ3n) is 4.36. The number of aromatic amines is 1. The van der Waals surface area contributed by atoms with E-state index in [2.05, 4.69) is 55.3 Å². The van der Waals surface area contributed by atoms with Crippen LogP contribution in [0.1, 0.15) is 31.9 Å². The maximum atomic E-state index is 12.3. The monoisotopic (exact) mass is 336 g/mol. The fraction of sp³-hybridized carbons (Fsp3) is 0.286. The zero-order valence-electron chi connectivity index (χ0n) is 15.1. The Kier molecular flexibility index (Phi) is 4.53. The molecule has 1 heterocycles. The third kappa shape index (κ3) is 3.85. The molecular formula is C21H24N2O2. The van der Waals surface area contributed by atoms with E-state index in [1.165, 1.54) is 5.56 Å². The summed E-state index contributed by atoms with van der Waals surface area (Å²) in [4.78, 5) is 15.2. The SMILES string of the molecule is COc1ccc2cc(CNc3ccc(C(C)(C)C)cc3)c(=O)[nH]c2c1. The molecule has 0 unspecified atom stereocenters. The quantitative estimate of drug-likeness (QED) is 0.740. The molecule has 25 heavy (non-hydrogen) atoms. The van der Waals surface area contributed by atoms with Gasteiger partial charge in [-0.3, -0.25) is 4.79 Å². The average molecular weight is 336 g/mol. The number of hydrogen-bond donors (Lipinski definition) is 2. The van der Waals surface area contributed by atoms with Crippen molar-refractivity contribution in [1.82, 2.24) is 4.98 Å². The molecule has 0 atom stereocenters. The van der Waals surface area contributed by atoms with E-state index in [1.807, 2.05) is 24.3 Å². The summed E-state index contributed by atoms with van der Waals surface area (Å²) in [7, 11) is 1.61. The minimum atomic E-state index is -0.0837. The lowest BCUT2D eigenvalue weighted by Gasteiger charge is -2.19. The summed E-state index contributed by atoms with van der Waals surface area (Å²) in [5.41, 5.74) is 3.83. The summed E-state index contributed by atoms with van der Waals surface area (Å²) in [5.74, 6) is 0.730. The fourth-order valence-corrected chi connectivity index (χ4v) is 2.77. The van der Waals surface area contributed by atoms with Gasteiger partial charge in [0.25, 0.3) is 5.56 Å². The molecule has 3 rings (SSSR count). The molecule has 0 radical (unpaired) electrons. The normalized spacial score (nSPS) is 11.5. The molecular weight excluding hydrogens is 312 g/mol. The molecule has 0 saturated carbocycles. The van der Waals surface area contributed by atoms with Gasteiger partial charge in [0.1, 0.15) is 5.75 Å². The lowest BCUT2D eigenvalue weighted by Crippen LogP contribution is -2.16. The Hall–Kier alpha value is -2.75. The van der Waals surface area contributed by atoms with Gasteiger partial charge in [0.05, 0.1) is 12.6 Å². The van der Waals surface area contributed by atoms with Crippen molar-refractivity contribution < 1.29 is 4.74 Å². The standard InChI is InChI=1S/C21H24N2O2/c1-21(2,3)16-6-8-17(9-7-16)22-13-15-11-14-5-10-18(25-4)12-19(14)23-20(15)24/h5-12,22H,13H2,1-4H3,(H,23,24).